The van der Waals surface area contributed by atoms with Crippen LogP contribution in [0.3, 0.4) is 0 Å². The maximum absolute atomic E-state index is 6.67. The summed E-state index contributed by atoms with van der Waals surface area (Å²) in [4.78, 5) is 0. The number of hydrogen-bond donors (Lipinski definition) is 0. The summed E-state index contributed by atoms with van der Waals surface area (Å²) in [6, 6.07) is 13.9. The van der Waals surface area contributed by atoms with Gasteiger partial charge in [0.25, 0.3) is 0 Å². The molecule has 0 saturated carbocycles. The molecule has 1 aliphatic carbocycles. The lowest BCUT2D eigenvalue weighted by atomic mass is 9.67. The number of benzene rings is 2. The van der Waals surface area contributed by atoms with E-state index in [9.17, 15) is 0 Å². The standard InChI is InChI=1S/C22H25BO6/c1-14-26-13-20(27-14)22-11-16-17(24-2)9-10-18(25-3)21(16)19(12-22)28-23(29-22)15-7-5-4-6-8-15/h4-10,14,19-20H,11-13H2,1-3H3/t14-,19+,20-,22?/m1/s1. The Balaban J connectivity index is 1.62. The molecule has 29 heavy (non-hydrogen) atoms. The van der Waals surface area contributed by atoms with Crippen molar-refractivity contribution in [3.63, 3.8) is 0 Å². The SMILES string of the molecule is COc1ccc(OC)c2c1CC1([C@H]3CO[C@@H](C)O3)C[C@@H]2OB(c2ccccc2)O1. The molecule has 0 spiro atoms. The first-order valence-electron chi connectivity index (χ1n) is 10.0. The minimum Gasteiger partial charge on any atom is -0.496 e. The van der Waals surface area contributed by atoms with Crippen molar-refractivity contribution in [2.75, 3.05) is 20.8 Å². The Bertz CT molecular complexity index is 890. The highest BCUT2D eigenvalue weighted by Crippen LogP contribution is 2.52. The molecule has 2 aromatic rings. The zero-order chi connectivity index (χ0) is 20.0. The van der Waals surface area contributed by atoms with E-state index in [4.69, 9.17) is 28.3 Å². The van der Waals surface area contributed by atoms with E-state index in [0.29, 0.717) is 19.4 Å². The minimum atomic E-state index is -0.569. The second kappa shape index (κ2) is 7.33. The van der Waals surface area contributed by atoms with Crippen molar-refractivity contribution in [3.05, 3.63) is 53.6 Å². The Kier molecular flexibility index (Phi) is 4.78. The second-order valence-electron chi connectivity index (χ2n) is 7.82. The van der Waals surface area contributed by atoms with Gasteiger partial charge in [-0.15, -0.1) is 0 Å². The van der Waals surface area contributed by atoms with Gasteiger partial charge in [-0.2, -0.15) is 0 Å². The fourth-order valence-corrected chi connectivity index (χ4v) is 4.80. The molecule has 152 valence electrons. The Hall–Kier alpha value is -2.06. The average molecular weight is 396 g/mol. The molecule has 2 fully saturated rings. The van der Waals surface area contributed by atoms with Crippen molar-refractivity contribution >= 4 is 12.6 Å². The van der Waals surface area contributed by atoms with E-state index in [1.165, 1.54) is 0 Å². The van der Waals surface area contributed by atoms with Crippen LogP contribution >= 0.6 is 0 Å². The normalized spacial score (nSPS) is 30.7. The molecule has 0 radical (unpaired) electrons. The van der Waals surface area contributed by atoms with Gasteiger partial charge in [0.15, 0.2) is 6.29 Å². The van der Waals surface area contributed by atoms with E-state index in [-0.39, 0.29) is 18.5 Å². The van der Waals surface area contributed by atoms with Gasteiger partial charge in [-0.3, -0.25) is 0 Å². The minimum absolute atomic E-state index is 0.181. The summed E-state index contributed by atoms with van der Waals surface area (Å²) in [5.41, 5.74) is 2.51. The molecule has 0 N–H and O–H groups in total. The Morgan fingerprint density at radius 3 is 2.48 bits per heavy atom. The first-order valence-corrected chi connectivity index (χ1v) is 10.0. The molecule has 6 nitrogen and oxygen atoms in total. The maximum Gasteiger partial charge on any atom is 0.494 e. The molecular weight excluding hydrogens is 371 g/mol. The molecule has 0 aromatic heterocycles. The van der Waals surface area contributed by atoms with Gasteiger partial charge in [0.1, 0.15) is 17.6 Å². The summed E-state index contributed by atoms with van der Waals surface area (Å²) in [6.45, 7) is 2.42. The average Bonchev–Trinajstić information content (AvgIpc) is 3.20. The number of rotatable bonds is 4. The second-order valence-corrected chi connectivity index (χ2v) is 7.82. The Morgan fingerprint density at radius 1 is 1.03 bits per heavy atom. The van der Waals surface area contributed by atoms with Crippen LogP contribution in [0.25, 0.3) is 0 Å². The molecule has 5 rings (SSSR count). The third-order valence-corrected chi connectivity index (χ3v) is 6.17. The first-order chi connectivity index (χ1) is 14.1. The Labute approximate surface area is 171 Å². The molecule has 7 heteroatoms. The maximum atomic E-state index is 6.67. The van der Waals surface area contributed by atoms with E-state index in [1.807, 2.05) is 49.4 Å². The van der Waals surface area contributed by atoms with Gasteiger partial charge in [0, 0.05) is 24.0 Å². The summed E-state index contributed by atoms with van der Waals surface area (Å²) in [7, 11) is 2.89. The topological polar surface area (TPSA) is 55.4 Å². The van der Waals surface area contributed by atoms with Crippen molar-refractivity contribution < 1.29 is 28.3 Å². The molecule has 2 aromatic carbocycles. The van der Waals surface area contributed by atoms with Crippen molar-refractivity contribution in [2.45, 2.75) is 43.9 Å². The van der Waals surface area contributed by atoms with Gasteiger partial charge in [0.2, 0.25) is 0 Å². The van der Waals surface area contributed by atoms with Crippen LogP contribution < -0.4 is 14.9 Å². The summed E-state index contributed by atoms with van der Waals surface area (Å²) in [6.07, 6.45) is 0.699. The van der Waals surface area contributed by atoms with Crippen LogP contribution in [0.5, 0.6) is 11.5 Å². The molecule has 2 aliphatic heterocycles. The fourth-order valence-electron chi connectivity index (χ4n) is 4.80. The van der Waals surface area contributed by atoms with E-state index < -0.39 is 12.7 Å². The largest absolute Gasteiger partial charge is 0.496 e. The molecule has 2 bridgehead atoms. The zero-order valence-corrected chi connectivity index (χ0v) is 16.9. The summed E-state index contributed by atoms with van der Waals surface area (Å²) in [5, 5.41) is 0. The van der Waals surface area contributed by atoms with Crippen LogP contribution in [0.2, 0.25) is 0 Å². The highest BCUT2D eigenvalue weighted by Gasteiger charge is 2.56. The van der Waals surface area contributed by atoms with Crippen LogP contribution in [-0.4, -0.2) is 45.9 Å². The van der Waals surface area contributed by atoms with E-state index in [2.05, 4.69) is 0 Å². The third kappa shape index (κ3) is 3.13. The Morgan fingerprint density at radius 2 is 1.79 bits per heavy atom. The van der Waals surface area contributed by atoms with Gasteiger partial charge >= 0.3 is 7.12 Å². The summed E-state index contributed by atoms with van der Waals surface area (Å²) >= 11 is 0. The van der Waals surface area contributed by atoms with Gasteiger partial charge in [-0.05, 0) is 24.5 Å². The molecule has 2 heterocycles. The van der Waals surface area contributed by atoms with Crippen LogP contribution in [0.15, 0.2) is 42.5 Å². The number of hydrogen-bond acceptors (Lipinski definition) is 6. The van der Waals surface area contributed by atoms with Crippen molar-refractivity contribution in [2.24, 2.45) is 0 Å². The molecular formula is C22H25BO6. The molecule has 2 saturated heterocycles. The number of fused-ring (bicyclic) bond motifs is 4. The number of methoxy groups -OCH3 is 2. The van der Waals surface area contributed by atoms with Gasteiger partial charge < -0.3 is 28.3 Å². The quantitative estimate of drug-likeness (QED) is 0.741. The summed E-state index contributed by atoms with van der Waals surface area (Å²) < 4.78 is 36.4. The van der Waals surface area contributed by atoms with Gasteiger partial charge in [-0.1, -0.05) is 30.3 Å². The monoisotopic (exact) mass is 396 g/mol. The van der Waals surface area contributed by atoms with Gasteiger partial charge in [0.05, 0.1) is 32.5 Å². The van der Waals surface area contributed by atoms with Crippen LogP contribution in [-0.2, 0) is 25.2 Å². The first kappa shape index (κ1) is 18.9. The number of ether oxygens (including phenoxy) is 4. The van der Waals surface area contributed by atoms with E-state index >= 15 is 0 Å². The van der Waals surface area contributed by atoms with E-state index in [0.717, 1.165) is 28.1 Å². The fraction of sp³-hybridized carbons (Fsp3) is 0.455. The predicted molar refractivity (Wildman–Crippen MR) is 108 cm³/mol. The summed E-state index contributed by atoms with van der Waals surface area (Å²) in [5.74, 6) is 1.62. The third-order valence-electron chi connectivity index (χ3n) is 6.17. The zero-order valence-electron chi connectivity index (χ0n) is 16.9. The van der Waals surface area contributed by atoms with Gasteiger partial charge in [-0.25, -0.2) is 0 Å². The molecule has 1 unspecified atom stereocenters. The molecule has 0 amide bonds. The van der Waals surface area contributed by atoms with Crippen LogP contribution in [0.1, 0.15) is 30.6 Å². The van der Waals surface area contributed by atoms with E-state index in [1.54, 1.807) is 14.2 Å². The lowest BCUT2D eigenvalue weighted by Crippen LogP contribution is -2.61. The smallest absolute Gasteiger partial charge is 0.494 e. The molecule has 4 atom stereocenters. The van der Waals surface area contributed by atoms with Crippen LogP contribution in [0.4, 0.5) is 0 Å². The van der Waals surface area contributed by atoms with Crippen LogP contribution in [0, 0.1) is 0 Å². The molecule has 3 aliphatic rings. The van der Waals surface area contributed by atoms with Crippen molar-refractivity contribution in [3.8, 4) is 11.5 Å². The predicted octanol–water partition coefficient (Wildman–Crippen LogP) is 2.63. The lowest BCUT2D eigenvalue weighted by Gasteiger charge is -2.50. The highest BCUT2D eigenvalue weighted by atomic mass is 16.7. The van der Waals surface area contributed by atoms with Crippen molar-refractivity contribution in [1.82, 2.24) is 0 Å². The van der Waals surface area contributed by atoms with Crippen molar-refractivity contribution in [1.29, 1.82) is 0 Å². The highest BCUT2D eigenvalue weighted by molar-refractivity contribution is 6.61. The lowest BCUT2D eigenvalue weighted by molar-refractivity contribution is -0.146.